The smallest absolute Gasteiger partial charge is 0.328 e. The van der Waals surface area contributed by atoms with Crippen LogP contribution in [0.25, 0.3) is 0 Å². The highest BCUT2D eigenvalue weighted by Crippen LogP contribution is 2.20. The molecule has 25 heavy (non-hydrogen) atoms. The van der Waals surface area contributed by atoms with Gasteiger partial charge in [-0.3, -0.25) is 0 Å². The Balaban J connectivity index is 2.05. The molecule has 0 saturated heterocycles. The molecule has 0 aliphatic rings. The third kappa shape index (κ3) is 6.27. The zero-order valence-corrected chi connectivity index (χ0v) is 16.3. The number of esters is 1. The number of carbonyl (C=O) groups is 1. The lowest BCUT2D eigenvalue weighted by Gasteiger charge is -2.23. The van der Waals surface area contributed by atoms with Gasteiger partial charge in [0.1, 0.15) is 12.1 Å². The first-order chi connectivity index (χ1) is 12.0. The van der Waals surface area contributed by atoms with Crippen molar-refractivity contribution < 1.29 is 9.53 Å². The summed E-state index contributed by atoms with van der Waals surface area (Å²) in [5.41, 5.74) is 2.07. The predicted octanol–water partition coefficient (Wildman–Crippen LogP) is 3.42. The van der Waals surface area contributed by atoms with Crippen molar-refractivity contribution in [3.63, 3.8) is 0 Å². The van der Waals surface area contributed by atoms with E-state index in [0.717, 1.165) is 24.1 Å². The molecular formula is C20H28N2O2S. The number of hydrogen-bond acceptors (Lipinski definition) is 5. The molecule has 1 N–H and O–H groups in total. The van der Waals surface area contributed by atoms with Crippen LogP contribution in [0, 0.1) is 6.92 Å². The Hall–Kier alpha value is -1.69. The number of benzene rings is 1. The first kappa shape index (κ1) is 19.6. The maximum Gasteiger partial charge on any atom is 0.328 e. The maximum absolute atomic E-state index is 12.8. The quantitative estimate of drug-likeness (QED) is 0.696. The van der Waals surface area contributed by atoms with Crippen LogP contribution < -0.4 is 5.32 Å². The van der Waals surface area contributed by atoms with Gasteiger partial charge >= 0.3 is 5.97 Å². The number of nitrogens with zero attached hydrogens (tertiary/aromatic N) is 1. The average Bonchev–Trinajstić information content (AvgIpc) is 3.05. The fraction of sp³-hybridized carbons (Fsp3) is 0.450. The second kappa shape index (κ2) is 9.70. The Kier molecular flexibility index (Phi) is 7.62. The molecular weight excluding hydrogens is 332 g/mol. The predicted molar refractivity (Wildman–Crippen MR) is 104 cm³/mol. The van der Waals surface area contributed by atoms with Gasteiger partial charge in [-0.1, -0.05) is 30.3 Å². The van der Waals surface area contributed by atoms with Gasteiger partial charge in [0.15, 0.2) is 0 Å². The number of thiophene rings is 1. The van der Waals surface area contributed by atoms with E-state index >= 15 is 0 Å². The second-order valence-electron chi connectivity index (χ2n) is 6.58. The van der Waals surface area contributed by atoms with Gasteiger partial charge in [0, 0.05) is 18.0 Å². The number of ether oxygens (including phenoxy) is 1. The normalized spacial score (nSPS) is 13.6. The minimum absolute atomic E-state index is 0.145. The van der Waals surface area contributed by atoms with E-state index in [2.05, 4.69) is 22.8 Å². The summed E-state index contributed by atoms with van der Waals surface area (Å²) in [6.45, 7) is 5.40. The standard InChI is InChI=1S/C20H28N2O2S/c1-15-8-5-6-10-18(15)19(20(23)24-16(2)14-22(3)4)21-12-11-17-9-7-13-25-17/h5-10,13,16,19,21H,11-12,14H2,1-4H3/t16-,19+/m1/s1. The van der Waals surface area contributed by atoms with Gasteiger partial charge in [-0.05, 0) is 56.9 Å². The molecule has 4 nitrogen and oxygen atoms in total. The first-order valence-electron chi connectivity index (χ1n) is 8.64. The lowest BCUT2D eigenvalue weighted by molar-refractivity contribution is -0.151. The van der Waals surface area contributed by atoms with E-state index < -0.39 is 6.04 Å². The molecule has 0 spiro atoms. The van der Waals surface area contributed by atoms with Crippen LogP contribution in [0.5, 0.6) is 0 Å². The van der Waals surface area contributed by atoms with E-state index in [4.69, 9.17) is 4.74 Å². The van der Waals surface area contributed by atoms with Crippen molar-refractivity contribution in [1.29, 1.82) is 0 Å². The van der Waals surface area contributed by atoms with Gasteiger partial charge in [0.05, 0.1) is 0 Å². The summed E-state index contributed by atoms with van der Waals surface area (Å²) in [5.74, 6) is -0.213. The van der Waals surface area contributed by atoms with E-state index in [9.17, 15) is 4.79 Å². The number of aryl methyl sites for hydroxylation is 1. The summed E-state index contributed by atoms with van der Waals surface area (Å²) in [4.78, 5) is 16.1. The molecule has 0 saturated carbocycles. The van der Waals surface area contributed by atoms with Crippen LogP contribution in [-0.4, -0.2) is 44.2 Å². The summed E-state index contributed by atoms with van der Waals surface area (Å²) in [6.07, 6.45) is 0.758. The van der Waals surface area contributed by atoms with Crippen LogP contribution in [0.3, 0.4) is 0 Å². The van der Waals surface area contributed by atoms with E-state index in [-0.39, 0.29) is 12.1 Å². The van der Waals surface area contributed by atoms with Crippen LogP contribution >= 0.6 is 11.3 Å². The number of carbonyl (C=O) groups excluding carboxylic acids is 1. The molecule has 1 heterocycles. The van der Waals surface area contributed by atoms with Crippen LogP contribution in [0.2, 0.25) is 0 Å². The molecule has 0 amide bonds. The lowest BCUT2D eigenvalue weighted by Crippen LogP contribution is -2.36. The van der Waals surface area contributed by atoms with Crippen molar-refractivity contribution in [3.8, 4) is 0 Å². The molecule has 1 aromatic carbocycles. The molecule has 5 heteroatoms. The minimum Gasteiger partial charge on any atom is -0.460 e. The Bertz CT molecular complexity index is 655. The summed E-state index contributed by atoms with van der Waals surface area (Å²) in [7, 11) is 3.95. The largest absolute Gasteiger partial charge is 0.460 e. The lowest BCUT2D eigenvalue weighted by atomic mass is 10.0. The molecule has 2 atom stereocenters. The van der Waals surface area contributed by atoms with E-state index in [1.165, 1.54) is 4.88 Å². The van der Waals surface area contributed by atoms with Gasteiger partial charge in [-0.2, -0.15) is 0 Å². The first-order valence-corrected chi connectivity index (χ1v) is 9.52. The highest BCUT2D eigenvalue weighted by molar-refractivity contribution is 7.09. The van der Waals surface area contributed by atoms with Gasteiger partial charge in [-0.25, -0.2) is 4.79 Å². The number of rotatable bonds is 9. The van der Waals surface area contributed by atoms with Crippen molar-refractivity contribution in [1.82, 2.24) is 10.2 Å². The Morgan fingerprint density at radius 2 is 2.00 bits per heavy atom. The SMILES string of the molecule is Cc1ccccc1[C@H](NCCc1cccs1)C(=O)O[C@H](C)CN(C)C. The van der Waals surface area contributed by atoms with Crippen LogP contribution in [0.1, 0.15) is 29.0 Å². The van der Waals surface area contributed by atoms with Crippen LogP contribution in [0.15, 0.2) is 41.8 Å². The van der Waals surface area contributed by atoms with E-state index in [0.29, 0.717) is 6.54 Å². The summed E-state index contributed by atoms with van der Waals surface area (Å²) < 4.78 is 5.68. The minimum atomic E-state index is -0.439. The molecule has 0 unspecified atom stereocenters. The summed E-state index contributed by atoms with van der Waals surface area (Å²) in [5, 5.41) is 5.47. The van der Waals surface area contributed by atoms with Crippen molar-refractivity contribution in [2.24, 2.45) is 0 Å². The monoisotopic (exact) mass is 360 g/mol. The van der Waals surface area contributed by atoms with Gasteiger partial charge < -0.3 is 15.0 Å². The van der Waals surface area contributed by atoms with Crippen molar-refractivity contribution in [3.05, 3.63) is 57.8 Å². The zero-order chi connectivity index (χ0) is 18.2. The number of hydrogen-bond donors (Lipinski definition) is 1. The summed E-state index contributed by atoms with van der Waals surface area (Å²) in [6, 6.07) is 11.7. The molecule has 2 rings (SSSR count). The fourth-order valence-corrected chi connectivity index (χ4v) is 3.55. The number of nitrogens with one attached hydrogen (secondary N) is 1. The summed E-state index contributed by atoms with van der Waals surface area (Å²) >= 11 is 1.74. The topological polar surface area (TPSA) is 41.6 Å². The molecule has 0 bridgehead atoms. The molecule has 0 radical (unpaired) electrons. The molecule has 0 fully saturated rings. The molecule has 2 aromatic rings. The Labute approximate surface area is 154 Å². The van der Waals surface area contributed by atoms with Crippen LogP contribution in [-0.2, 0) is 16.0 Å². The van der Waals surface area contributed by atoms with Gasteiger partial charge in [-0.15, -0.1) is 11.3 Å². The molecule has 0 aliphatic heterocycles. The van der Waals surface area contributed by atoms with Crippen LogP contribution in [0.4, 0.5) is 0 Å². The van der Waals surface area contributed by atoms with Crippen molar-refractivity contribution in [2.75, 3.05) is 27.2 Å². The van der Waals surface area contributed by atoms with Crippen molar-refractivity contribution >= 4 is 17.3 Å². The molecule has 136 valence electrons. The van der Waals surface area contributed by atoms with Gasteiger partial charge in [0.2, 0.25) is 0 Å². The molecule has 0 aliphatic carbocycles. The second-order valence-corrected chi connectivity index (χ2v) is 7.62. The highest BCUT2D eigenvalue weighted by atomic mass is 32.1. The Morgan fingerprint density at radius 1 is 1.24 bits per heavy atom. The fourth-order valence-electron chi connectivity index (χ4n) is 2.84. The Morgan fingerprint density at radius 3 is 2.64 bits per heavy atom. The number of likely N-dealkylation sites (N-methyl/N-ethyl adjacent to an activating group) is 1. The van der Waals surface area contributed by atoms with E-state index in [1.807, 2.05) is 57.1 Å². The third-order valence-electron chi connectivity index (χ3n) is 3.97. The van der Waals surface area contributed by atoms with E-state index in [1.54, 1.807) is 11.3 Å². The third-order valence-corrected chi connectivity index (χ3v) is 4.91. The average molecular weight is 361 g/mol. The van der Waals surface area contributed by atoms with Gasteiger partial charge in [0.25, 0.3) is 0 Å². The highest BCUT2D eigenvalue weighted by Gasteiger charge is 2.24. The maximum atomic E-state index is 12.8. The zero-order valence-electron chi connectivity index (χ0n) is 15.5. The van der Waals surface area contributed by atoms with Crippen molar-refractivity contribution in [2.45, 2.75) is 32.4 Å². The molecule has 1 aromatic heterocycles.